The molecule has 1 aromatic carbocycles. The van der Waals surface area contributed by atoms with Crippen LogP contribution >= 0.6 is 11.8 Å². The van der Waals surface area contributed by atoms with Gasteiger partial charge in [0.1, 0.15) is 0 Å². The van der Waals surface area contributed by atoms with Crippen LogP contribution in [0.1, 0.15) is 31.4 Å². The number of hydrogen-bond acceptors (Lipinski definition) is 5. The molecular formula is C16H22N2O2S. The van der Waals surface area contributed by atoms with Crippen molar-refractivity contribution in [2.75, 3.05) is 12.4 Å². The van der Waals surface area contributed by atoms with Gasteiger partial charge >= 0.3 is 0 Å². The average molecular weight is 306 g/mol. The van der Waals surface area contributed by atoms with Gasteiger partial charge in [0.05, 0.1) is 6.10 Å². The molecular weight excluding hydrogens is 284 g/mol. The molecule has 2 aromatic rings. The monoisotopic (exact) mass is 306 g/mol. The van der Waals surface area contributed by atoms with E-state index in [0.29, 0.717) is 11.1 Å². The molecule has 0 unspecified atom stereocenters. The second-order valence-electron chi connectivity index (χ2n) is 5.37. The number of nitrogens with zero attached hydrogens (tertiary/aromatic N) is 2. The molecule has 0 fully saturated rings. The van der Waals surface area contributed by atoms with Gasteiger partial charge in [0.25, 0.3) is 5.22 Å². The summed E-state index contributed by atoms with van der Waals surface area (Å²) in [6.07, 6.45) is 1.26. The van der Waals surface area contributed by atoms with Crippen LogP contribution in [0, 0.1) is 13.8 Å². The van der Waals surface area contributed by atoms with E-state index in [4.69, 9.17) is 9.15 Å². The molecule has 0 aliphatic carbocycles. The van der Waals surface area contributed by atoms with Gasteiger partial charge in [0.15, 0.2) is 0 Å². The lowest BCUT2D eigenvalue weighted by atomic mass is 10.1. The Labute approximate surface area is 130 Å². The SMILES string of the molecule is Cc1cc(C)cc(-c2nnc(SCCCOC(C)C)o2)c1. The molecule has 2 rings (SSSR count). The standard InChI is InChI=1S/C16H22N2O2S/c1-11(2)19-6-5-7-21-16-18-17-15(20-16)14-9-12(3)8-13(4)10-14/h8-11H,5-7H2,1-4H3. The first kappa shape index (κ1) is 16.0. The quantitative estimate of drug-likeness (QED) is 0.565. The van der Waals surface area contributed by atoms with Gasteiger partial charge in [0, 0.05) is 17.9 Å². The molecule has 5 heteroatoms. The zero-order chi connectivity index (χ0) is 15.2. The summed E-state index contributed by atoms with van der Waals surface area (Å²) in [5.41, 5.74) is 3.38. The predicted molar refractivity (Wildman–Crippen MR) is 85.6 cm³/mol. The van der Waals surface area contributed by atoms with Crippen molar-refractivity contribution in [3.63, 3.8) is 0 Å². The molecule has 0 spiro atoms. The van der Waals surface area contributed by atoms with E-state index in [1.165, 1.54) is 11.1 Å². The van der Waals surface area contributed by atoms with Crippen LogP contribution in [0.3, 0.4) is 0 Å². The summed E-state index contributed by atoms with van der Waals surface area (Å²) >= 11 is 1.58. The van der Waals surface area contributed by atoms with Crippen LogP contribution in [-0.2, 0) is 4.74 Å². The van der Waals surface area contributed by atoms with Crippen molar-refractivity contribution in [1.82, 2.24) is 10.2 Å². The highest BCUT2D eigenvalue weighted by molar-refractivity contribution is 7.99. The highest BCUT2D eigenvalue weighted by Gasteiger charge is 2.09. The van der Waals surface area contributed by atoms with E-state index in [9.17, 15) is 0 Å². The lowest BCUT2D eigenvalue weighted by Gasteiger charge is -2.05. The zero-order valence-corrected chi connectivity index (χ0v) is 13.9. The maximum atomic E-state index is 5.71. The fourth-order valence-corrected chi connectivity index (χ4v) is 2.69. The molecule has 4 nitrogen and oxygen atoms in total. The molecule has 0 N–H and O–H groups in total. The van der Waals surface area contributed by atoms with Gasteiger partial charge in [-0.2, -0.15) is 0 Å². The highest BCUT2D eigenvalue weighted by atomic mass is 32.2. The molecule has 1 heterocycles. The van der Waals surface area contributed by atoms with Crippen molar-refractivity contribution in [3.05, 3.63) is 29.3 Å². The number of rotatable bonds is 7. The van der Waals surface area contributed by atoms with Gasteiger partial charge in [0.2, 0.25) is 5.89 Å². The summed E-state index contributed by atoms with van der Waals surface area (Å²) in [5.74, 6) is 1.50. The maximum Gasteiger partial charge on any atom is 0.276 e. The molecule has 0 amide bonds. The zero-order valence-electron chi connectivity index (χ0n) is 13.0. The number of benzene rings is 1. The third-order valence-corrected chi connectivity index (χ3v) is 3.75. The van der Waals surface area contributed by atoms with Crippen LogP contribution < -0.4 is 0 Å². The van der Waals surface area contributed by atoms with E-state index in [-0.39, 0.29) is 6.10 Å². The van der Waals surface area contributed by atoms with Crippen LogP contribution in [0.4, 0.5) is 0 Å². The molecule has 0 saturated heterocycles. The van der Waals surface area contributed by atoms with E-state index < -0.39 is 0 Å². The third kappa shape index (κ3) is 5.17. The number of aryl methyl sites for hydroxylation is 2. The Balaban J connectivity index is 1.89. The van der Waals surface area contributed by atoms with Gasteiger partial charge in [-0.1, -0.05) is 29.0 Å². The van der Waals surface area contributed by atoms with Crippen LogP contribution in [0.15, 0.2) is 27.8 Å². The summed E-state index contributed by atoms with van der Waals surface area (Å²) in [7, 11) is 0. The number of hydrogen-bond donors (Lipinski definition) is 0. The minimum absolute atomic E-state index is 0.287. The molecule has 1 aromatic heterocycles. The van der Waals surface area contributed by atoms with Crippen molar-refractivity contribution in [2.45, 2.75) is 45.4 Å². The van der Waals surface area contributed by atoms with E-state index in [2.05, 4.69) is 42.2 Å². The fourth-order valence-electron chi connectivity index (χ4n) is 2.02. The first-order valence-electron chi connectivity index (χ1n) is 7.21. The fraction of sp³-hybridized carbons (Fsp3) is 0.500. The van der Waals surface area contributed by atoms with Gasteiger partial charge in [-0.15, -0.1) is 10.2 Å². The Morgan fingerprint density at radius 3 is 2.52 bits per heavy atom. The van der Waals surface area contributed by atoms with Crippen LogP contribution in [0.2, 0.25) is 0 Å². The summed E-state index contributed by atoms with van der Waals surface area (Å²) in [5, 5.41) is 8.84. The summed E-state index contributed by atoms with van der Waals surface area (Å²) in [4.78, 5) is 0. The van der Waals surface area contributed by atoms with Gasteiger partial charge in [-0.05, 0) is 46.2 Å². The number of ether oxygens (including phenoxy) is 1. The minimum atomic E-state index is 0.287. The largest absolute Gasteiger partial charge is 0.411 e. The first-order valence-corrected chi connectivity index (χ1v) is 8.19. The van der Waals surface area contributed by atoms with Crippen LogP contribution in [0.5, 0.6) is 0 Å². The molecule has 0 radical (unpaired) electrons. The molecule has 21 heavy (non-hydrogen) atoms. The van der Waals surface area contributed by atoms with Crippen molar-refractivity contribution in [3.8, 4) is 11.5 Å². The smallest absolute Gasteiger partial charge is 0.276 e. The average Bonchev–Trinajstić information content (AvgIpc) is 2.85. The minimum Gasteiger partial charge on any atom is -0.411 e. The van der Waals surface area contributed by atoms with Crippen molar-refractivity contribution in [1.29, 1.82) is 0 Å². The van der Waals surface area contributed by atoms with Crippen molar-refractivity contribution < 1.29 is 9.15 Å². The second kappa shape index (κ2) is 7.61. The van der Waals surface area contributed by atoms with Gasteiger partial charge < -0.3 is 9.15 Å². The summed E-state index contributed by atoms with van der Waals surface area (Å²) < 4.78 is 11.2. The maximum absolute atomic E-state index is 5.71. The van der Waals surface area contributed by atoms with E-state index in [1.807, 2.05) is 13.8 Å². The first-order chi connectivity index (χ1) is 10.0. The Morgan fingerprint density at radius 1 is 1.14 bits per heavy atom. The Morgan fingerprint density at radius 2 is 1.86 bits per heavy atom. The van der Waals surface area contributed by atoms with Gasteiger partial charge in [-0.3, -0.25) is 0 Å². The summed E-state index contributed by atoms with van der Waals surface area (Å²) in [6, 6.07) is 6.25. The van der Waals surface area contributed by atoms with Gasteiger partial charge in [-0.25, -0.2) is 0 Å². The number of thioether (sulfide) groups is 1. The van der Waals surface area contributed by atoms with Crippen LogP contribution in [-0.4, -0.2) is 28.7 Å². The van der Waals surface area contributed by atoms with E-state index in [1.54, 1.807) is 11.8 Å². The Hall–Kier alpha value is -1.33. The highest BCUT2D eigenvalue weighted by Crippen LogP contribution is 2.25. The molecule has 0 aliphatic rings. The predicted octanol–water partition coefficient (Wildman–Crippen LogP) is 4.26. The van der Waals surface area contributed by atoms with E-state index >= 15 is 0 Å². The normalized spacial score (nSPS) is 11.3. The molecule has 0 aliphatic heterocycles. The topological polar surface area (TPSA) is 48.2 Å². The molecule has 114 valence electrons. The molecule has 0 saturated carbocycles. The van der Waals surface area contributed by atoms with Crippen LogP contribution in [0.25, 0.3) is 11.5 Å². The molecule has 0 atom stereocenters. The Kier molecular flexibility index (Phi) is 5.82. The van der Waals surface area contributed by atoms with Crippen molar-refractivity contribution >= 4 is 11.8 Å². The lowest BCUT2D eigenvalue weighted by molar-refractivity contribution is 0.0799. The van der Waals surface area contributed by atoms with Crippen molar-refractivity contribution in [2.24, 2.45) is 0 Å². The lowest BCUT2D eigenvalue weighted by Crippen LogP contribution is -2.04. The Bertz CT molecular complexity index is 561. The molecule has 0 bridgehead atoms. The number of aromatic nitrogens is 2. The second-order valence-corrected chi connectivity index (χ2v) is 6.42. The van der Waals surface area contributed by atoms with E-state index in [0.717, 1.165) is 24.3 Å². The summed E-state index contributed by atoms with van der Waals surface area (Å²) in [6.45, 7) is 8.99. The third-order valence-electron chi connectivity index (χ3n) is 2.84.